The van der Waals surface area contributed by atoms with Crippen LogP contribution in [-0.4, -0.2) is 60.4 Å². The molecule has 2 amide bonds. The predicted molar refractivity (Wildman–Crippen MR) is 128 cm³/mol. The highest BCUT2D eigenvalue weighted by atomic mass is 16.5. The van der Waals surface area contributed by atoms with Crippen LogP contribution in [0.5, 0.6) is 0 Å². The quantitative estimate of drug-likeness (QED) is 0.560. The molecule has 1 aliphatic rings. The zero-order valence-electron chi connectivity index (χ0n) is 19.7. The van der Waals surface area contributed by atoms with Crippen molar-refractivity contribution in [3.63, 3.8) is 0 Å². The number of hydrogen-bond acceptors (Lipinski definition) is 5. The molecule has 0 saturated carbocycles. The molecule has 0 spiro atoms. The lowest BCUT2D eigenvalue weighted by atomic mass is 10.1. The summed E-state index contributed by atoms with van der Waals surface area (Å²) in [5, 5.41) is 2.86. The van der Waals surface area contributed by atoms with Crippen molar-refractivity contribution in [3.8, 4) is 0 Å². The second-order valence-electron chi connectivity index (χ2n) is 8.39. The van der Waals surface area contributed by atoms with Crippen molar-refractivity contribution < 1.29 is 19.1 Å². The Morgan fingerprint density at radius 1 is 1.06 bits per heavy atom. The summed E-state index contributed by atoms with van der Waals surface area (Å²) < 4.78 is 5.33. The third-order valence-corrected chi connectivity index (χ3v) is 6.00. The Hall–Kier alpha value is -3.19. The monoisotopic (exact) mass is 451 g/mol. The Balaban J connectivity index is 1.48. The van der Waals surface area contributed by atoms with E-state index in [1.165, 1.54) is 5.56 Å². The summed E-state index contributed by atoms with van der Waals surface area (Å²) in [6.45, 7) is 9.94. The van der Waals surface area contributed by atoms with Crippen LogP contribution >= 0.6 is 0 Å². The Bertz CT molecular complexity index is 953. The lowest BCUT2D eigenvalue weighted by Gasteiger charge is -2.17. The first kappa shape index (κ1) is 24.5. The number of nitrogens with one attached hydrogen (secondary N) is 1. The first-order valence-corrected chi connectivity index (χ1v) is 11.5. The fourth-order valence-corrected chi connectivity index (χ4v) is 3.84. The molecule has 33 heavy (non-hydrogen) atoms. The lowest BCUT2D eigenvalue weighted by Crippen LogP contribution is -2.28. The molecule has 0 aromatic heterocycles. The van der Waals surface area contributed by atoms with Gasteiger partial charge in [0.2, 0.25) is 11.8 Å². The molecule has 1 saturated heterocycles. The van der Waals surface area contributed by atoms with Crippen molar-refractivity contribution >= 4 is 23.5 Å². The molecule has 1 atom stereocenters. The minimum Gasteiger partial charge on any atom is -0.461 e. The van der Waals surface area contributed by atoms with Crippen LogP contribution < -0.4 is 5.32 Å². The standard InChI is InChI=1S/C26H33N3O4/c1-4-28(5-2)14-15-33-26(32)21-10-12-23(13-11-21)27-25(31)22-16-24(30)29(18-22)17-20-8-6-19(3)7-9-20/h6-13,22H,4-5,14-18H2,1-3H3,(H,27,31). The average Bonchev–Trinajstić information content (AvgIpc) is 3.19. The maximum Gasteiger partial charge on any atom is 0.338 e. The highest BCUT2D eigenvalue weighted by molar-refractivity contribution is 5.97. The van der Waals surface area contributed by atoms with E-state index in [-0.39, 0.29) is 24.2 Å². The molecule has 1 N–H and O–H groups in total. The normalized spacial score (nSPS) is 15.7. The van der Waals surface area contributed by atoms with Gasteiger partial charge in [-0.15, -0.1) is 0 Å². The number of benzene rings is 2. The van der Waals surface area contributed by atoms with Gasteiger partial charge in [0.15, 0.2) is 0 Å². The molecule has 1 aliphatic heterocycles. The number of ether oxygens (including phenoxy) is 1. The fourth-order valence-electron chi connectivity index (χ4n) is 3.84. The van der Waals surface area contributed by atoms with E-state index in [4.69, 9.17) is 4.74 Å². The fraction of sp³-hybridized carbons (Fsp3) is 0.423. The number of carbonyl (C=O) groups is 3. The van der Waals surface area contributed by atoms with E-state index in [0.717, 1.165) is 18.7 Å². The van der Waals surface area contributed by atoms with Crippen LogP contribution in [0.15, 0.2) is 48.5 Å². The summed E-state index contributed by atoms with van der Waals surface area (Å²) in [6, 6.07) is 14.7. The van der Waals surface area contributed by atoms with E-state index in [1.54, 1.807) is 29.2 Å². The molecular formula is C26H33N3O4. The largest absolute Gasteiger partial charge is 0.461 e. The van der Waals surface area contributed by atoms with Crippen LogP contribution in [0.1, 0.15) is 41.8 Å². The average molecular weight is 452 g/mol. The summed E-state index contributed by atoms with van der Waals surface area (Å²) >= 11 is 0. The van der Waals surface area contributed by atoms with Gasteiger partial charge in [-0.3, -0.25) is 9.59 Å². The molecule has 3 rings (SSSR count). The highest BCUT2D eigenvalue weighted by Crippen LogP contribution is 2.22. The number of carbonyl (C=O) groups excluding carboxylic acids is 3. The molecule has 1 heterocycles. The van der Waals surface area contributed by atoms with Crippen LogP contribution in [0, 0.1) is 12.8 Å². The van der Waals surface area contributed by atoms with Crippen LogP contribution in [0.3, 0.4) is 0 Å². The number of amides is 2. The molecule has 0 radical (unpaired) electrons. The van der Waals surface area contributed by atoms with E-state index in [9.17, 15) is 14.4 Å². The number of nitrogens with zero attached hydrogens (tertiary/aromatic N) is 2. The van der Waals surface area contributed by atoms with Crippen molar-refractivity contribution in [2.75, 3.05) is 38.1 Å². The molecule has 0 bridgehead atoms. The van der Waals surface area contributed by atoms with Gasteiger partial charge in [0.25, 0.3) is 0 Å². The molecule has 2 aromatic carbocycles. The van der Waals surface area contributed by atoms with Crippen molar-refractivity contribution in [1.29, 1.82) is 0 Å². The van der Waals surface area contributed by atoms with Crippen molar-refractivity contribution in [2.24, 2.45) is 5.92 Å². The lowest BCUT2D eigenvalue weighted by molar-refractivity contribution is -0.128. The number of rotatable bonds is 10. The van der Waals surface area contributed by atoms with E-state index in [1.807, 2.05) is 31.2 Å². The maximum atomic E-state index is 12.7. The second-order valence-corrected chi connectivity index (χ2v) is 8.39. The summed E-state index contributed by atoms with van der Waals surface area (Å²) in [6.07, 6.45) is 0.203. The van der Waals surface area contributed by atoms with Gasteiger partial charge in [-0.2, -0.15) is 0 Å². The van der Waals surface area contributed by atoms with E-state index in [0.29, 0.717) is 37.5 Å². The number of aryl methyl sites for hydroxylation is 1. The minimum absolute atomic E-state index is 0.0152. The molecule has 1 unspecified atom stereocenters. The number of esters is 1. The molecule has 7 nitrogen and oxygen atoms in total. The van der Waals surface area contributed by atoms with Gasteiger partial charge < -0.3 is 19.9 Å². The van der Waals surface area contributed by atoms with Gasteiger partial charge >= 0.3 is 5.97 Å². The molecule has 2 aromatic rings. The minimum atomic E-state index is -0.396. The SMILES string of the molecule is CCN(CC)CCOC(=O)c1ccc(NC(=O)C2CC(=O)N(Cc3ccc(C)cc3)C2)cc1. The van der Waals surface area contributed by atoms with Gasteiger partial charge in [-0.25, -0.2) is 4.79 Å². The van der Waals surface area contributed by atoms with Crippen molar-refractivity contribution in [2.45, 2.75) is 33.7 Å². The Labute approximate surface area is 195 Å². The second kappa shape index (κ2) is 11.6. The van der Waals surface area contributed by atoms with Crippen molar-refractivity contribution in [3.05, 3.63) is 65.2 Å². The van der Waals surface area contributed by atoms with Crippen molar-refractivity contribution in [1.82, 2.24) is 9.80 Å². The summed E-state index contributed by atoms with van der Waals surface area (Å²) in [7, 11) is 0. The van der Waals surface area contributed by atoms with E-state index in [2.05, 4.69) is 24.1 Å². The zero-order valence-corrected chi connectivity index (χ0v) is 19.7. The summed E-state index contributed by atoms with van der Waals surface area (Å²) in [5.74, 6) is -0.983. The third-order valence-electron chi connectivity index (χ3n) is 6.00. The first-order valence-electron chi connectivity index (χ1n) is 11.5. The summed E-state index contributed by atoms with van der Waals surface area (Å²) in [4.78, 5) is 41.2. The molecule has 1 fully saturated rings. The number of likely N-dealkylation sites (N-methyl/N-ethyl adjacent to an activating group) is 1. The van der Waals surface area contributed by atoms with Crippen LogP contribution in [0.2, 0.25) is 0 Å². The zero-order chi connectivity index (χ0) is 23.8. The number of anilines is 1. The number of hydrogen-bond donors (Lipinski definition) is 1. The third kappa shape index (κ3) is 6.89. The van der Waals surface area contributed by atoms with E-state index < -0.39 is 5.92 Å². The Morgan fingerprint density at radius 3 is 2.36 bits per heavy atom. The topological polar surface area (TPSA) is 79.0 Å². The van der Waals surface area contributed by atoms with Gasteiger partial charge in [0.1, 0.15) is 6.61 Å². The summed E-state index contributed by atoms with van der Waals surface area (Å²) in [5.41, 5.74) is 3.24. The van der Waals surface area contributed by atoms with Crippen LogP contribution in [0.25, 0.3) is 0 Å². The smallest absolute Gasteiger partial charge is 0.338 e. The van der Waals surface area contributed by atoms with Gasteiger partial charge in [-0.05, 0) is 49.8 Å². The Kier molecular flexibility index (Phi) is 8.60. The number of likely N-dealkylation sites (tertiary alicyclic amines) is 1. The van der Waals surface area contributed by atoms with Gasteiger partial charge in [-0.1, -0.05) is 43.7 Å². The van der Waals surface area contributed by atoms with E-state index >= 15 is 0 Å². The Morgan fingerprint density at radius 2 is 1.73 bits per heavy atom. The maximum absolute atomic E-state index is 12.7. The van der Waals surface area contributed by atoms with Crippen LogP contribution in [0.4, 0.5) is 5.69 Å². The van der Waals surface area contributed by atoms with Gasteiger partial charge in [0, 0.05) is 31.7 Å². The van der Waals surface area contributed by atoms with Crippen LogP contribution in [-0.2, 0) is 20.9 Å². The first-order chi connectivity index (χ1) is 15.9. The van der Waals surface area contributed by atoms with Gasteiger partial charge in [0.05, 0.1) is 11.5 Å². The molecule has 7 heteroatoms. The highest BCUT2D eigenvalue weighted by Gasteiger charge is 2.34. The molecular weight excluding hydrogens is 418 g/mol. The molecule has 0 aliphatic carbocycles. The predicted octanol–water partition coefficient (Wildman–Crippen LogP) is 3.48. The molecule has 176 valence electrons.